The number of nitrogens with two attached hydrogens (primary N) is 1. The highest BCUT2D eigenvalue weighted by atomic mass is 16.5. The zero-order chi connectivity index (χ0) is 18.7. The minimum Gasteiger partial charge on any atom is -0.379 e. The smallest absolute Gasteiger partial charge is 0.193 e. The lowest BCUT2D eigenvalue weighted by atomic mass is 10.1. The van der Waals surface area contributed by atoms with Crippen LogP contribution in [0.3, 0.4) is 0 Å². The number of ether oxygens (including phenoxy) is 2. The first-order chi connectivity index (χ1) is 13.3. The average molecular weight is 367 g/mol. The first-order valence-electron chi connectivity index (χ1n) is 9.69. The van der Waals surface area contributed by atoms with E-state index in [1.807, 2.05) is 18.2 Å². The highest BCUT2D eigenvalue weighted by Gasteiger charge is 2.10. The summed E-state index contributed by atoms with van der Waals surface area (Å²) in [5.74, 6) is 0.458. The van der Waals surface area contributed by atoms with Crippen molar-refractivity contribution in [1.29, 1.82) is 0 Å². The molecule has 0 amide bonds. The second-order valence-electron chi connectivity index (χ2n) is 6.73. The summed E-state index contributed by atoms with van der Waals surface area (Å²) < 4.78 is 11.1. The van der Waals surface area contributed by atoms with Crippen LogP contribution in [-0.4, -0.2) is 32.3 Å². The van der Waals surface area contributed by atoms with E-state index < -0.39 is 0 Å². The van der Waals surface area contributed by atoms with Crippen LogP contribution in [0.2, 0.25) is 0 Å². The van der Waals surface area contributed by atoms with E-state index in [1.165, 1.54) is 29.5 Å². The molecule has 5 heteroatoms. The Morgan fingerprint density at radius 3 is 2.67 bits per heavy atom. The van der Waals surface area contributed by atoms with Crippen LogP contribution >= 0.6 is 0 Å². The number of nitrogens with one attached hydrogen (secondary N) is 1. The molecule has 0 aromatic heterocycles. The average Bonchev–Trinajstić information content (AvgIpc) is 3.15. The van der Waals surface area contributed by atoms with E-state index in [2.05, 4.69) is 40.6 Å². The maximum Gasteiger partial charge on any atom is 0.193 e. The highest BCUT2D eigenvalue weighted by Crippen LogP contribution is 2.24. The SMILES string of the molecule is NC(=NCCCOCCOCc1ccccc1)Nc1ccc2c(c1)CCC2. The van der Waals surface area contributed by atoms with Crippen LogP contribution in [0.1, 0.15) is 29.5 Å². The Hall–Kier alpha value is -2.37. The predicted octanol–water partition coefficient (Wildman–Crippen LogP) is 3.53. The number of hydrogen-bond acceptors (Lipinski definition) is 3. The molecule has 3 rings (SSSR count). The van der Waals surface area contributed by atoms with E-state index in [0.29, 0.717) is 38.9 Å². The fourth-order valence-electron chi connectivity index (χ4n) is 3.19. The fourth-order valence-corrected chi connectivity index (χ4v) is 3.19. The number of guanidine groups is 1. The van der Waals surface area contributed by atoms with Gasteiger partial charge < -0.3 is 20.5 Å². The van der Waals surface area contributed by atoms with Gasteiger partial charge in [0.2, 0.25) is 0 Å². The lowest BCUT2D eigenvalue weighted by Crippen LogP contribution is -2.23. The maximum atomic E-state index is 5.96. The summed E-state index contributed by atoms with van der Waals surface area (Å²) in [6, 6.07) is 16.6. The van der Waals surface area contributed by atoms with Gasteiger partial charge >= 0.3 is 0 Å². The molecule has 27 heavy (non-hydrogen) atoms. The maximum absolute atomic E-state index is 5.96. The first-order valence-corrected chi connectivity index (χ1v) is 9.69. The minimum atomic E-state index is 0.458. The van der Waals surface area contributed by atoms with Crippen molar-refractivity contribution in [2.24, 2.45) is 10.7 Å². The van der Waals surface area contributed by atoms with Crippen molar-refractivity contribution in [2.75, 3.05) is 31.7 Å². The van der Waals surface area contributed by atoms with E-state index in [4.69, 9.17) is 15.2 Å². The number of aliphatic imine (C=N–C) groups is 1. The third-order valence-electron chi connectivity index (χ3n) is 4.58. The van der Waals surface area contributed by atoms with Crippen molar-refractivity contribution in [1.82, 2.24) is 0 Å². The van der Waals surface area contributed by atoms with Crippen molar-refractivity contribution < 1.29 is 9.47 Å². The summed E-state index contributed by atoms with van der Waals surface area (Å²) in [5.41, 5.74) is 11.0. The molecule has 1 aliphatic carbocycles. The molecule has 0 bridgehead atoms. The molecule has 0 radical (unpaired) electrons. The van der Waals surface area contributed by atoms with Gasteiger partial charge in [0.25, 0.3) is 0 Å². The van der Waals surface area contributed by atoms with Crippen LogP contribution in [0.4, 0.5) is 5.69 Å². The third-order valence-corrected chi connectivity index (χ3v) is 4.58. The zero-order valence-corrected chi connectivity index (χ0v) is 15.8. The van der Waals surface area contributed by atoms with Crippen molar-refractivity contribution in [2.45, 2.75) is 32.3 Å². The molecule has 5 nitrogen and oxygen atoms in total. The second kappa shape index (κ2) is 10.7. The van der Waals surface area contributed by atoms with Crippen molar-refractivity contribution in [3.8, 4) is 0 Å². The summed E-state index contributed by atoms with van der Waals surface area (Å²) in [4.78, 5) is 4.36. The molecule has 1 aliphatic rings. The lowest BCUT2D eigenvalue weighted by molar-refractivity contribution is 0.0403. The number of fused-ring (bicyclic) bond motifs is 1. The molecular weight excluding hydrogens is 338 g/mol. The van der Waals surface area contributed by atoms with Gasteiger partial charge in [0.05, 0.1) is 19.8 Å². The molecule has 0 fully saturated rings. The monoisotopic (exact) mass is 367 g/mol. The van der Waals surface area contributed by atoms with Gasteiger partial charge in [-0.25, -0.2) is 0 Å². The van der Waals surface area contributed by atoms with Crippen LogP contribution in [-0.2, 0) is 28.9 Å². The highest BCUT2D eigenvalue weighted by molar-refractivity contribution is 5.92. The summed E-state index contributed by atoms with van der Waals surface area (Å²) in [6.45, 7) is 3.12. The fraction of sp³-hybridized carbons (Fsp3) is 0.409. The molecule has 2 aromatic rings. The second-order valence-corrected chi connectivity index (χ2v) is 6.73. The van der Waals surface area contributed by atoms with Crippen LogP contribution in [0.15, 0.2) is 53.5 Å². The summed E-state index contributed by atoms with van der Waals surface area (Å²) >= 11 is 0. The molecule has 0 saturated carbocycles. The van der Waals surface area contributed by atoms with E-state index in [0.717, 1.165) is 18.5 Å². The third kappa shape index (κ3) is 6.70. The first kappa shape index (κ1) is 19.4. The van der Waals surface area contributed by atoms with E-state index in [-0.39, 0.29) is 0 Å². The van der Waals surface area contributed by atoms with Gasteiger partial charge in [-0.05, 0) is 54.5 Å². The Kier molecular flexibility index (Phi) is 7.69. The topological polar surface area (TPSA) is 68.9 Å². The largest absolute Gasteiger partial charge is 0.379 e. The van der Waals surface area contributed by atoms with Gasteiger partial charge in [-0.1, -0.05) is 36.4 Å². The van der Waals surface area contributed by atoms with E-state index in [1.54, 1.807) is 0 Å². The summed E-state index contributed by atoms with van der Waals surface area (Å²) in [5, 5.41) is 3.17. The normalized spacial score (nSPS) is 13.6. The Labute approximate surface area is 161 Å². The van der Waals surface area contributed by atoms with Gasteiger partial charge in [-0.3, -0.25) is 4.99 Å². The molecule has 144 valence electrons. The summed E-state index contributed by atoms with van der Waals surface area (Å²) in [6.07, 6.45) is 4.44. The van der Waals surface area contributed by atoms with Crippen molar-refractivity contribution >= 4 is 11.6 Å². The molecular formula is C22H29N3O2. The van der Waals surface area contributed by atoms with Crippen molar-refractivity contribution in [3.05, 3.63) is 65.2 Å². The van der Waals surface area contributed by atoms with Gasteiger partial charge in [0, 0.05) is 18.8 Å². The number of benzene rings is 2. The molecule has 0 atom stereocenters. The zero-order valence-electron chi connectivity index (χ0n) is 15.8. The summed E-state index contributed by atoms with van der Waals surface area (Å²) in [7, 11) is 0. The molecule has 0 aliphatic heterocycles. The van der Waals surface area contributed by atoms with Gasteiger partial charge in [0.1, 0.15) is 0 Å². The van der Waals surface area contributed by atoms with Crippen molar-refractivity contribution in [3.63, 3.8) is 0 Å². The predicted molar refractivity (Wildman–Crippen MR) is 110 cm³/mol. The van der Waals surface area contributed by atoms with Gasteiger partial charge in [0.15, 0.2) is 5.96 Å². The van der Waals surface area contributed by atoms with Crippen LogP contribution in [0.5, 0.6) is 0 Å². The number of anilines is 1. The lowest BCUT2D eigenvalue weighted by Gasteiger charge is -2.08. The Morgan fingerprint density at radius 2 is 1.78 bits per heavy atom. The van der Waals surface area contributed by atoms with Gasteiger partial charge in [-0.2, -0.15) is 0 Å². The standard InChI is InChI=1S/C22H29N3O2/c23-22(25-21-11-10-19-8-4-9-20(19)16-21)24-12-5-13-26-14-15-27-17-18-6-2-1-3-7-18/h1-3,6-7,10-11,16H,4-5,8-9,12-15,17H2,(H3,23,24,25). The number of rotatable bonds is 10. The molecule has 0 saturated heterocycles. The molecule has 0 unspecified atom stereocenters. The quantitative estimate of drug-likeness (QED) is 0.383. The Balaban J connectivity index is 1.23. The molecule has 0 heterocycles. The Morgan fingerprint density at radius 1 is 0.963 bits per heavy atom. The molecule has 2 aromatic carbocycles. The van der Waals surface area contributed by atoms with Gasteiger partial charge in [-0.15, -0.1) is 0 Å². The minimum absolute atomic E-state index is 0.458. The number of aryl methyl sites for hydroxylation is 2. The molecule has 0 spiro atoms. The van der Waals surface area contributed by atoms with Crippen LogP contribution in [0.25, 0.3) is 0 Å². The number of nitrogens with zero attached hydrogens (tertiary/aromatic N) is 1. The number of hydrogen-bond donors (Lipinski definition) is 2. The molecule has 3 N–H and O–H groups in total. The van der Waals surface area contributed by atoms with Crippen LogP contribution in [0, 0.1) is 0 Å². The van der Waals surface area contributed by atoms with E-state index in [9.17, 15) is 0 Å². The van der Waals surface area contributed by atoms with E-state index >= 15 is 0 Å². The van der Waals surface area contributed by atoms with Crippen LogP contribution < -0.4 is 11.1 Å². The Bertz CT molecular complexity index is 732.